The lowest BCUT2D eigenvalue weighted by atomic mass is 10.1. The zero-order chi connectivity index (χ0) is 21.0. The van der Waals surface area contributed by atoms with Crippen LogP contribution < -0.4 is 15.4 Å². The number of halogens is 1. The molecular weight excluding hydrogens is 391 g/mol. The van der Waals surface area contributed by atoms with E-state index in [1.54, 1.807) is 26.4 Å². The lowest BCUT2D eigenvalue weighted by molar-refractivity contribution is 0.415. The molecule has 0 aliphatic rings. The van der Waals surface area contributed by atoms with E-state index < -0.39 is 10.8 Å². The van der Waals surface area contributed by atoms with Gasteiger partial charge in [0.05, 0.1) is 12.6 Å². The predicted molar refractivity (Wildman–Crippen MR) is 117 cm³/mol. The minimum Gasteiger partial charge on any atom is -0.497 e. The molecule has 2 aromatic carbocycles. The third-order valence-corrected chi connectivity index (χ3v) is 5.41. The van der Waals surface area contributed by atoms with E-state index >= 15 is 0 Å². The Bertz CT molecular complexity index is 1040. The molecule has 1 aromatic heterocycles. The molecule has 0 radical (unpaired) electrons. The predicted octanol–water partition coefficient (Wildman–Crippen LogP) is 3.88. The van der Waals surface area contributed by atoms with Crippen LogP contribution in [0.4, 0.5) is 16.2 Å². The molecule has 154 valence electrons. The van der Waals surface area contributed by atoms with Crippen molar-refractivity contribution in [3.8, 4) is 5.75 Å². The summed E-state index contributed by atoms with van der Waals surface area (Å²) in [6, 6.07) is 10.6. The van der Waals surface area contributed by atoms with Crippen LogP contribution in [-0.4, -0.2) is 39.3 Å². The largest absolute Gasteiger partial charge is 0.497 e. The molecule has 6 nitrogen and oxygen atoms in total. The number of nitrogens with one attached hydrogen (secondary N) is 2. The van der Waals surface area contributed by atoms with Crippen molar-refractivity contribution in [2.75, 3.05) is 29.8 Å². The summed E-state index contributed by atoms with van der Waals surface area (Å²) in [6.07, 6.45) is 1.67. The average Bonchev–Trinajstić information content (AvgIpc) is 2.67. The first-order valence-corrected chi connectivity index (χ1v) is 11.0. The molecule has 0 aliphatic heterocycles. The second kappa shape index (κ2) is 9.17. The van der Waals surface area contributed by atoms with E-state index in [9.17, 15) is 8.60 Å². The first-order chi connectivity index (χ1) is 13.9. The van der Waals surface area contributed by atoms with Crippen LogP contribution in [0.2, 0.25) is 0 Å². The highest BCUT2D eigenvalue weighted by molar-refractivity contribution is 7.84. The third kappa shape index (κ3) is 5.41. The molecule has 29 heavy (non-hydrogen) atoms. The smallest absolute Gasteiger partial charge is 0.225 e. The molecule has 0 saturated heterocycles. The van der Waals surface area contributed by atoms with Crippen LogP contribution in [0.25, 0.3) is 10.9 Å². The Morgan fingerprint density at radius 1 is 1.21 bits per heavy atom. The number of ether oxygens (including phenoxy) is 1. The van der Waals surface area contributed by atoms with E-state index in [2.05, 4.69) is 20.6 Å². The summed E-state index contributed by atoms with van der Waals surface area (Å²) in [5, 5.41) is 7.36. The average molecular weight is 417 g/mol. The van der Waals surface area contributed by atoms with Gasteiger partial charge in [0.1, 0.15) is 17.4 Å². The van der Waals surface area contributed by atoms with Gasteiger partial charge >= 0.3 is 0 Å². The van der Waals surface area contributed by atoms with E-state index in [0.29, 0.717) is 35.4 Å². The van der Waals surface area contributed by atoms with Crippen molar-refractivity contribution >= 4 is 33.5 Å². The van der Waals surface area contributed by atoms with Gasteiger partial charge in [-0.05, 0) is 49.2 Å². The van der Waals surface area contributed by atoms with Gasteiger partial charge in [0.25, 0.3) is 0 Å². The van der Waals surface area contributed by atoms with E-state index in [1.165, 1.54) is 6.07 Å². The highest BCUT2D eigenvalue weighted by Crippen LogP contribution is 2.27. The highest BCUT2D eigenvalue weighted by atomic mass is 32.2. The van der Waals surface area contributed by atoms with Gasteiger partial charge in [-0.15, -0.1) is 0 Å². The quantitative estimate of drug-likeness (QED) is 0.580. The Balaban J connectivity index is 1.92. The van der Waals surface area contributed by atoms with Crippen LogP contribution in [-0.2, 0) is 17.3 Å². The molecule has 0 aliphatic carbocycles. The van der Waals surface area contributed by atoms with Crippen molar-refractivity contribution in [1.29, 1.82) is 0 Å². The van der Waals surface area contributed by atoms with Gasteiger partial charge in [0.2, 0.25) is 5.95 Å². The molecule has 0 bridgehead atoms. The van der Waals surface area contributed by atoms with Crippen molar-refractivity contribution in [2.24, 2.45) is 0 Å². The number of benzene rings is 2. The number of hydrogen-bond acceptors (Lipinski definition) is 6. The zero-order valence-corrected chi connectivity index (χ0v) is 17.8. The molecule has 1 heterocycles. The van der Waals surface area contributed by atoms with Crippen molar-refractivity contribution in [2.45, 2.75) is 26.4 Å². The van der Waals surface area contributed by atoms with E-state index in [1.807, 2.05) is 31.2 Å². The summed E-state index contributed by atoms with van der Waals surface area (Å²) >= 11 is 0. The van der Waals surface area contributed by atoms with Gasteiger partial charge in [0, 0.05) is 40.8 Å². The first kappa shape index (κ1) is 21.0. The molecule has 0 saturated carbocycles. The Hall–Kier alpha value is -2.74. The minimum atomic E-state index is -0.920. The van der Waals surface area contributed by atoms with Crippen molar-refractivity contribution in [1.82, 2.24) is 9.97 Å². The number of hydrogen-bond donors (Lipinski definition) is 2. The minimum absolute atomic E-state index is 0.0378. The Morgan fingerprint density at radius 2 is 2.00 bits per heavy atom. The fourth-order valence-corrected chi connectivity index (χ4v) is 3.84. The van der Waals surface area contributed by atoms with Gasteiger partial charge in [-0.2, -0.15) is 4.98 Å². The number of methoxy groups -OCH3 is 1. The van der Waals surface area contributed by atoms with Crippen molar-refractivity contribution in [3.05, 3.63) is 53.3 Å². The molecule has 3 aromatic rings. The number of aryl methyl sites for hydroxylation is 1. The second-order valence-electron chi connectivity index (χ2n) is 7.00. The molecule has 2 N–H and O–H groups in total. The SMILES string of the molecule is COc1ccc2nc(NC(C)CS(C)=O)nc(NCc3ccc(F)c(C)c3)c2c1. The number of rotatable bonds is 8. The molecule has 8 heteroatoms. The van der Waals surface area contributed by atoms with Gasteiger partial charge in [-0.3, -0.25) is 4.21 Å². The van der Waals surface area contributed by atoms with Gasteiger partial charge in [-0.25, -0.2) is 9.37 Å². The van der Waals surface area contributed by atoms with E-state index in [4.69, 9.17) is 4.74 Å². The first-order valence-electron chi connectivity index (χ1n) is 9.27. The Morgan fingerprint density at radius 3 is 2.69 bits per heavy atom. The zero-order valence-electron chi connectivity index (χ0n) is 17.0. The number of anilines is 2. The van der Waals surface area contributed by atoms with Crippen LogP contribution in [0.15, 0.2) is 36.4 Å². The lowest BCUT2D eigenvalue weighted by Crippen LogP contribution is -2.23. The van der Waals surface area contributed by atoms with Crippen LogP contribution in [0, 0.1) is 12.7 Å². The lowest BCUT2D eigenvalue weighted by Gasteiger charge is -2.16. The monoisotopic (exact) mass is 416 g/mol. The van der Waals surface area contributed by atoms with Crippen LogP contribution in [0.1, 0.15) is 18.1 Å². The summed E-state index contributed by atoms with van der Waals surface area (Å²) in [5.41, 5.74) is 2.30. The topological polar surface area (TPSA) is 76.1 Å². The summed E-state index contributed by atoms with van der Waals surface area (Å²) in [6.45, 7) is 4.17. The van der Waals surface area contributed by atoms with E-state index in [-0.39, 0.29) is 11.9 Å². The maximum Gasteiger partial charge on any atom is 0.225 e. The molecule has 2 atom stereocenters. The Kier molecular flexibility index (Phi) is 6.64. The number of fused-ring (bicyclic) bond motifs is 1. The summed E-state index contributed by atoms with van der Waals surface area (Å²) in [5.74, 6) is 2.08. The fraction of sp³-hybridized carbons (Fsp3) is 0.333. The van der Waals surface area contributed by atoms with Crippen LogP contribution in [0.3, 0.4) is 0 Å². The highest BCUT2D eigenvalue weighted by Gasteiger charge is 2.12. The molecule has 2 unspecified atom stereocenters. The standard InChI is InChI=1S/C21H25FN4O2S/c1-13-9-15(5-7-18(13)22)11-23-20-17-10-16(28-3)6-8-19(17)25-21(26-20)24-14(2)12-29(4)27/h5-10,14H,11-12H2,1-4H3,(H2,23,24,25,26). The summed E-state index contributed by atoms with van der Waals surface area (Å²) < 4.78 is 30.3. The van der Waals surface area contributed by atoms with Crippen LogP contribution in [0.5, 0.6) is 5.75 Å². The molecule has 3 rings (SSSR count). The normalized spacial score (nSPS) is 13.1. The van der Waals surface area contributed by atoms with E-state index in [0.717, 1.165) is 16.5 Å². The van der Waals surface area contributed by atoms with Crippen molar-refractivity contribution < 1.29 is 13.3 Å². The maximum absolute atomic E-state index is 13.5. The molecule has 0 spiro atoms. The summed E-state index contributed by atoms with van der Waals surface area (Å²) in [4.78, 5) is 9.19. The van der Waals surface area contributed by atoms with Gasteiger partial charge in [-0.1, -0.05) is 12.1 Å². The second-order valence-corrected chi connectivity index (χ2v) is 8.48. The number of nitrogens with zero attached hydrogens (tertiary/aromatic N) is 2. The molecule has 0 fully saturated rings. The van der Waals surface area contributed by atoms with Crippen LogP contribution >= 0.6 is 0 Å². The molecule has 0 amide bonds. The van der Waals surface area contributed by atoms with Gasteiger partial charge < -0.3 is 15.4 Å². The maximum atomic E-state index is 13.5. The summed E-state index contributed by atoms with van der Waals surface area (Å²) in [7, 11) is 0.690. The van der Waals surface area contributed by atoms with Crippen molar-refractivity contribution in [3.63, 3.8) is 0 Å². The third-order valence-electron chi connectivity index (χ3n) is 4.45. The number of aromatic nitrogens is 2. The fourth-order valence-electron chi connectivity index (χ4n) is 3.05. The molecular formula is C21H25FN4O2S. The van der Waals surface area contributed by atoms with Gasteiger partial charge in [0.15, 0.2) is 0 Å². The Labute approximate surface area is 172 Å².